The molecule has 2 unspecified atom stereocenters. The second-order valence-electron chi connectivity index (χ2n) is 7.86. The van der Waals surface area contributed by atoms with Gasteiger partial charge in [0.2, 0.25) is 0 Å². The minimum absolute atomic E-state index is 0.0363. The average Bonchev–Trinajstić information content (AvgIpc) is 2.76. The van der Waals surface area contributed by atoms with Crippen LogP contribution in [0.25, 0.3) is 0 Å². The Bertz CT molecular complexity index is 1320. The minimum atomic E-state index is -5.11. The molecular formula is C24H19ClF4N2O3. The summed E-state index contributed by atoms with van der Waals surface area (Å²) in [6.45, 7) is 2.52. The first-order valence-corrected chi connectivity index (χ1v) is 10.3. The molecule has 10 heteroatoms. The van der Waals surface area contributed by atoms with E-state index in [2.05, 4.69) is 0 Å². The van der Waals surface area contributed by atoms with Gasteiger partial charge in [-0.05, 0) is 48.9 Å². The molecule has 0 aliphatic rings. The molecule has 5 nitrogen and oxygen atoms in total. The van der Waals surface area contributed by atoms with Crippen molar-refractivity contribution < 1.29 is 27.4 Å². The van der Waals surface area contributed by atoms with Crippen LogP contribution in [0.5, 0.6) is 11.5 Å². The van der Waals surface area contributed by atoms with Crippen molar-refractivity contribution in [1.29, 1.82) is 5.26 Å². The van der Waals surface area contributed by atoms with Crippen LogP contribution in [0.2, 0.25) is 5.02 Å². The van der Waals surface area contributed by atoms with E-state index in [0.717, 1.165) is 29.8 Å². The Labute approximate surface area is 197 Å². The Morgan fingerprint density at radius 3 is 2.38 bits per heavy atom. The van der Waals surface area contributed by atoms with E-state index in [0.29, 0.717) is 0 Å². The molecule has 3 aromatic rings. The third kappa shape index (κ3) is 4.52. The lowest BCUT2D eigenvalue weighted by atomic mass is 9.78. The lowest BCUT2D eigenvalue weighted by molar-refractivity contribution is -0.274. The lowest BCUT2D eigenvalue weighted by Crippen LogP contribution is -2.47. The summed E-state index contributed by atoms with van der Waals surface area (Å²) in [6.07, 6.45) is -4.17. The van der Waals surface area contributed by atoms with Crippen molar-refractivity contribution >= 4 is 11.6 Å². The second kappa shape index (κ2) is 9.12. The summed E-state index contributed by atoms with van der Waals surface area (Å²) in [5, 5.41) is 19.7. The number of hydrogen-bond donors (Lipinski definition) is 1. The summed E-state index contributed by atoms with van der Waals surface area (Å²) in [7, 11) is 1.29. The minimum Gasteiger partial charge on any atom is -0.454 e. The van der Waals surface area contributed by atoms with Gasteiger partial charge in [-0.25, -0.2) is 4.39 Å². The van der Waals surface area contributed by atoms with Gasteiger partial charge in [-0.15, -0.1) is 0 Å². The van der Waals surface area contributed by atoms with E-state index in [9.17, 15) is 27.5 Å². The smallest absolute Gasteiger partial charge is 0.422 e. The predicted octanol–water partition coefficient (Wildman–Crippen LogP) is 5.70. The van der Waals surface area contributed by atoms with Crippen LogP contribution >= 0.6 is 11.6 Å². The molecule has 0 saturated heterocycles. The number of halogens is 5. The van der Waals surface area contributed by atoms with Crippen LogP contribution in [0, 0.1) is 24.1 Å². The number of hydrogen-bond acceptors (Lipinski definition) is 4. The number of nitriles is 1. The molecule has 3 rings (SSSR count). The Balaban J connectivity index is 2.02. The molecule has 1 N–H and O–H groups in total. The van der Waals surface area contributed by atoms with Gasteiger partial charge in [0.15, 0.2) is 17.2 Å². The molecule has 2 aromatic carbocycles. The van der Waals surface area contributed by atoms with Gasteiger partial charge in [-0.1, -0.05) is 24.6 Å². The average molecular weight is 495 g/mol. The van der Waals surface area contributed by atoms with Gasteiger partial charge in [-0.3, -0.25) is 4.79 Å². The van der Waals surface area contributed by atoms with Crippen molar-refractivity contribution in [3.63, 3.8) is 0 Å². The molecule has 1 heterocycles. The fourth-order valence-electron chi connectivity index (χ4n) is 3.67. The molecule has 178 valence electrons. The summed E-state index contributed by atoms with van der Waals surface area (Å²) >= 11 is 6.26. The third-order valence-electron chi connectivity index (χ3n) is 5.59. The van der Waals surface area contributed by atoms with Gasteiger partial charge in [-0.2, -0.15) is 18.4 Å². The van der Waals surface area contributed by atoms with E-state index < -0.39 is 34.6 Å². The zero-order valence-corrected chi connectivity index (χ0v) is 19.0. The van der Waals surface area contributed by atoms with Gasteiger partial charge in [0.05, 0.1) is 11.6 Å². The fraction of sp³-hybridized carbons (Fsp3) is 0.250. The molecule has 0 aliphatic carbocycles. The van der Waals surface area contributed by atoms with Crippen LogP contribution in [-0.2, 0) is 12.6 Å². The second-order valence-corrected chi connectivity index (χ2v) is 8.26. The monoisotopic (exact) mass is 494 g/mol. The topological polar surface area (TPSA) is 75.2 Å². The molecule has 34 heavy (non-hydrogen) atoms. The molecule has 2 atom stereocenters. The summed E-state index contributed by atoms with van der Waals surface area (Å²) in [5.74, 6) is -2.55. The lowest BCUT2D eigenvalue weighted by Gasteiger charge is -2.37. The van der Waals surface area contributed by atoms with Crippen molar-refractivity contribution in [3.05, 3.63) is 92.1 Å². The number of nitrogens with zero attached hydrogens (tertiary/aromatic N) is 2. The number of alkyl halides is 3. The maximum atomic E-state index is 14.2. The predicted molar refractivity (Wildman–Crippen MR) is 117 cm³/mol. The molecule has 0 spiro atoms. The van der Waals surface area contributed by atoms with E-state index in [4.69, 9.17) is 21.6 Å². The van der Waals surface area contributed by atoms with Gasteiger partial charge >= 0.3 is 6.18 Å². The quantitative estimate of drug-likeness (QED) is 0.461. The van der Waals surface area contributed by atoms with Crippen LogP contribution in [0.1, 0.15) is 35.1 Å². The van der Waals surface area contributed by atoms with Crippen LogP contribution < -0.4 is 10.3 Å². The summed E-state index contributed by atoms with van der Waals surface area (Å²) in [6, 6.07) is 10.1. The molecule has 0 bridgehead atoms. The van der Waals surface area contributed by atoms with Gasteiger partial charge in [0.25, 0.3) is 5.56 Å². The highest BCUT2D eigenvalue weighted by atomic mass is 35.5. The molecular weight excluding hydrogens is 476 g/mol. The van der Waals surface area contributed by atoms with Crippen molar-refractivity contribution in [2.75, 3.05) is 0 Å². The normalized spacial score (nSPS) is 14.2. The van der Waals surface area contributed by atoms with Crippen molar-refractivity contribution in [1.82, 2.24) is 4.57 Å². The zero-order chi connectivity index (χ0) is 25.4. The molecule has 0 saturated carbocycles. The number of rotatable bonds is 5. The van der Waals surface area contributed by atoms with Gasteiger partial charge < -0.3 is 14.4 Å². The number of aromatic nitrogens is 1. The highest BCUT2D eigenvalue weighted by Crippen LogP contribution is 2.50. The van der Waals surface area contributed by atoms with Crippen molar-refractivity contribution in [3.8, 4) is 17.6 Å². The van der Waals surface area contributed by atoms with E-state index in [-0.39, 0.29) is 33.2 Å². The molecule has 0 aliphatic heterocycles. The largest absolute Gasteiger partial charge is 0.454 e. The highest BCUT2D eigenvalue weighted by molar-refractivity contribution is 6.31. The van der Waals surface area contributed by atoms with Crippen molar-refractivity contribution in [2.45, 2.75) is 31.5 Å². The SMILES string of the molecule is Cc1cc(C(O)(C(C)c2ccc(Oc3ccc(C#N)cc3F)cc2Cl)C(F)(F)F)cn(C)c1=O. The summed E-state index contributed by atoms with van der Waals surface area (Å²) < 4.78 is 63.2. The van der Waals surface area contributed by atoms with Crippen LogP contribution in [-0.4, -0.2) is 15.8 Å². The fourth-order valence-corrected chi connectivity index (χ4v) is 4.01. The molecule has 0 amide bonds. The van der Waals surface area contributed by atoms with E-state index in [1.807, 2.05) is 0 Å². The number of aliphatic hydroxyl groups is 1. The summed E-state index contributed by atoms with van der Waals surface area (Å²) in [4.78, 5) is 12.0. The van der Waals surface area contributed by atoms with Crippen molar-refractivity contribution in [2.24, 2.45) is 7.05 Å². The number of aryl methyl sites for hydroxylation is 2. The first-order valence-electron chi connectivity index (χ1n) is 9.93. The number of benzene rings is 2. The molecule has 0 fully saturated rings. The third-order valence-corrected chi connectivity index (χ3v) is 5.92. The van der Waals surface area contributed by atoms with E-state index >= 15 is 0 Å². The standard InChI is InChI=1S/C24H19ClF4N2O3/c1-13-8-16(12-31(3)22(13)32)23(33,24(27,28)29)14(2)18-6-5-17(10-19(18)25)34-21-7-4-15(11-30)9-20(21)26/h4-10,12,14,33H,1-3H3. The molecule has 1 aromatic heterocycles. The van der Waals surface area contributed by atoms with Crippen LogP contribution in [0.3, 0.4) is 0 Å². The molecule has 0 radical (unpaired) electrons. The van der Waals surface area contributed by atoms with E-state index in [1.54, 1.807) is 6.07 Å². The Hall–Kier alpha value is -3.35. The maximum Gasteiger partial charge on any atom is 0.422 e. The Morgan fingerprint density at radius 1 is 1.18 bits per heavy atom. The van der Waals surface area contributed by atoms with Crippen LogP contribution in [0.15, 0.2) is 53.5 Å². The number of pyridine rings is 1. The maximum absolute atomic E-state index is 14.2. The van der Waals surface area contributed by atoms with Crippen LogP contribution in [0.4, 0.5) is 17.6 Å². The Morgan fingerprint density at radius 2 is 1.85 bits per heavy atom. The van der Waals surface area contributed by atoms with Gasteiger partial charge in [0.1, 0.15) is 5.75 Å². The Kier molecular flexibility index (Phi) is 6.78. The first kappa shape index (κ1) is 25.3. The highest BCUT2D eigenvalue weighted by Gasteiger charge is 2.59. The van der Waals surface area contributed by atoms with E-state index in [1.165, 1.54) is 44.3 Å². The zero-order valence-electron chi connectivity index (χ0n) is 18.2. The van der Waals surface area contributed by atoms with Gasteiger partial charge in [0, 0.05) is 35.3 Å². The number of ether oxygens (including phenoxy) is 1. The first-order chi connectivity index (χ1) is 15.8. The summed E-state index contributed by atoms with van der Waals surface area (Å²) in [5.41, 5.74) is -4.28.